The number of nitrogens with zero attached hydrogens (tertiary/aromatic N) is 1. The van der Waals surface area contributed by atoms with Crippen LogP contribution in [-0.2, 0) is 17.5 Å². The molecule has 1 amide bonds. The minimum absolute atomic E-state index is 0.104. The van der Waals surface area contributed by atoms with E-state index < -0.39 is 36.1 Å². The number of benzene rings is 2. The fourth-order valence-corrected chi connectivity index (χ4v) is 3.30. The number of ether oxygens (including phenoxy) is 2. The first-order chi connectivity index (χ1) is 13.7. The molecule has 1 saturated heterocycles. The van der Waals surface area contributed by atoms with Crippen LogP contribution in [0, 0.1) is 0 Å². The molecule has 156 valence electrons. The Morgan fingerprint density at radius 1 is 1.17 bits per heavy atom. The maximum atomic E-state index is 12.7. The molecule has 1 aliphatic rings. The number of carbonyl (C=O) groups excluding carboxylic acids is 1. The van der Waals surface area contributed by atoms with Crippen LogP contribution in [0.2, 0.25) is 0 Å². The van der Waals surface area contributed by atoms with Crippen molar-refractivity contribution in [1.29, 1.82) is 0 Å². The van der Waals surface area contributed by atoms with Crippen molar-refractivity contribution in [2.24, 2.45) is 0 Å². The molecular weight excluding hydrogens is 387 g/mol. The zero-order valence-electron chi connectivity index (χ0n) is 15.8. The van der Waals surface area contributed by atoms with Gasteiger partial charge in [-0.1, -0.05) is 30.3 Å². The summed E-state index contributed by atoms with van der Waals surface area (Å²) in [6, 6.07) is 13.1. The Morgan fingerprint density at radius 3 is 2.41 bits per heavy atom. The number of amides is 1. The highest BCUT2D eigenvalue weighted by Gasteiger charge is 2.40. The molecule has 8 heteroatoms. The van der Waals surface area contributed by atoms with Crippen molar-refractivity contribution < 1.29 is 32.5 Å². The van der Waals surface area contributed by atoms with E-state index in [0.29, 0.717) is 6.42 Å². The van der Waals surface area contributed by atoms with E-state index in [0.717, 1.165) is 17.7 Å². The van der Waals surface area contributed by atoms with E-state index in [4.69, 9.17) is 9.47 Å². The molecule has 0 spiro atoms. The Hall–Kier alpha value is -2.74. The summed E-state index contributed by atoms with van der Waals surface area (Å²) in [5.74, 6) is 0.270. The molecule has 1 aliphatic heterocycles. The zero-order chi connectivity index (χ0) is 21.0. The summed E-state index contributed by atoms with van der Waals surface area (Å²) in [5, 5.41) is 10.0. The first-order valence-electron chi connectivity index (χ1n) is 9.23. The van der Waals surface area contributed by atoms with Crippen molar-refractivity contribution in [3.05, 3.63) is 65.7 Å². The molecule has 1 N–H and O–H groups in total. The molecule has 3 unspecified atom stereocenters. The van der Waals surface area contributed by atoms with Gasteiger partial charge in [0.1, 0.15) is 18.5 Å². The van der Waals surface area contributed by atoms with E-state index in [1.807, 2.05) is 30.3 Å². The second-order valence-electron chi connectivity index (χ2n) is 7.00. The third kappa shape index (κ3) is 5.41. The lowest BCUT2D eigenvalue weighted by Gasteiger charge is -2.25. The second-order valence-corrected chi connectivity index (χ2v) is 7.00. The molecule has 3 rings (SSSR count). The van der Waals surface area contributed by atoms with Gasteiger partial charge in [0, 0.05) is 6.42 Å². The molecule has 0 aromatic heterocycles. The number of likely N-dealkylation sites (tertiary alicyclic amines) is 1. The quantitative estimate of drug-likeness (QED) is 0.802. The Morgan fingerprint density at radius 2 is 1.83 bits per heavy atom. The SMILES string of the molecule is CC(O)C1CC(Oc2ccc(C(F)(F)F)cc2)CN1C(=O)OCc1ccccc1. The fourth-order valence-electron chi connectivity index (χ4n) is 3.30. The van der Waals surface area contributed by atoms with Crippen LogP contribution < -0.4 is 4.74 Å². The summed E-state index contributed by atoms with van der Waals surface area (Å²) >= 11 is 0. The first-order valence-corrected chi connectivity index (χ1v) is 9.23. The lowest BCUT2D eigenvalue weighted by Crippen LogP contribution is -2.42. The number of hydrogen-bond donors (Lipinski definition) is 1. The maximum Gasteiger partial charge on any atom is 0.416 e. The lowest BCUT2D eigenvalue weighted by molar-refractivity contribution is -0.137. The van der Waals surface area contributed by atoms with Crippen LogP contribution in [0.1, 0.15) is 24.5 Å². The Labute approximate surface area is 166 Å². The van der Waals surface area contributed by atoms with Gasteiger partial charge < -0.3 is 14.6 Å². The lowest BCUT2D eigenvalue weighted by atomic mass is 10.1. The largest absolute Gasteiger partial charge is 0.489 e. The Bertz CT molecular complexity index is 809. The predicted molar refractivity (Wildman–Crippen MR) is 99.3 cm³/mol. The highest BCUT2D eigenvalue weighted by Crippen LogP contribution is 2.31. The van der Waals surface area contributed by atoms with Crippen LogP contribution in [0.25, 0.3) is 0 Å². The van der Waals surface area contributed by atoms with Crippen molar-refractivity contribution in [1.82, 2.24) is 4.90 Å². The van der Waals surface area contributed by atoms with Crippen LogP contribution in [0.4, 0.5) is 18.0 Å². The van der Waals surface area contributed by atoms with Gasteiger partial charge in [-0.25, -0.2) is 4.79 Å². The molecule has 0 bridgehead atoms. The first kappa shape index (κ1) is 21.0. The van der Waals surface area contributed by atoms with Crippen molar-refractivity contribution >= 4 is 6.09 Å². The van der Waals surface area contributed by atoms with Gasteiger partial charge in [-0.05, 0) is 36.8 Å². The molecule has 2 aromatic carbocycles. The van der Waals surface area contributed by atoms with E-state index in [-0.39, 0.29) is 18.9 Å². The molecule has 2 aromatic rings. The van der Waals surface area contributed by atoms with Crippen molar-refractivity contribution in [2.45, 2.75) is 44.4 Å². The van der Waals surface area contributed by atoms with Gasteiger partial charge >= 0.3 is 12.3 Å². The maximum absolute atomic E-state index is 12.7. The summed E-state index contributed by atoms with van der Waals surface area (Å²) < 4.78 is 49.1. The molecule has 1 fully saturated rings. The van der Waals surface area contributed by atoms with Gasteiger partial charge in [0.25, 0.3) is 0 Å². The summed E-state index contributed by atoms with van der Waals surface area (Å²) in [5.41, 5.74) is 0.0791. The van der Waals surface area contributed by atoms with Crippen LogP contribution in [-0.4, -0.2) is 40.9 Å². The van der Waals surface area contributed by atoms with E-state index in [1.165, 1.54) is 17.0 Å². The highest BCUT2D eigenvalue weighted by atomic mass is 19.4. The smallest absolute Gasteiger partial charge is 0.416 e. The molecule has 0 aliphatic carbocycles. The highest BCUT2D eigenvalue weighted by molar-refractivity contribution is 5.68. The number of alkyl halides is 3. The van der Waals surface area contributed by atoms with Gasteiger partial charge in [0.05, 0.1) is 24.3 Å². The number of hydrogen-bond acceptors (Lipinski definition) is 4. The van der Waals surface area contributed by atoms with E-state index >= 15 is 0 Å². The van der Waals surface area contributed by atoms with Gasteiger partial charge in [-0.2, -0.15) is 13.2 Å². The third-order valence-electron chi connectivity index (χ3n) is 4.79. The molecule has 29 heavy (non-hydrogen) atoms. The molecule has 0 radical (unpaired) electrons. The van der Waals surface area contributed by atoms with E-state index in [2.05, 4.69) is 0 Å². The van der Waals surface area contributed by atoms with Crippen LogP contribution in [0.5, 0.6) is 5.75 Å². The normalized spacial score (nSPS) is 20.4. The third-order valence-corrected chi connectivity index (χ3v) is 4.79. The summed E-state index contributed by atoms with van der Waals surface area (Å²) in [4.78, 5) is 13.9. The molecule has 3 atom stereocenters. The van der Waals surface area contributed by atoms with Gasteiger partial charge in [0.2, 0.25) is 0 Å². The molecule has 0 saturated carbocycles. The van der Waals surface area contributed by atoms with Crippen LogP contribution in [0.15, 0.2) is 54.6 Å². The van der Waals surface area contributed by atoms with Crippen LogP contribution >= 0.6 is 0 Å². The monoisotopic (exact) mass is 409 g/mol. The fraction of sp³-hybridized carbons (Fsp3) is 0.381. The van der Waals surface area contributed by atoms with Crippen LogP contribution in [0.3, 0.4) is 0 Å². The van der Waals surface area contributed by atoms with Gasteiger partial charge in [0.15, 0.2) is 0 Å². The van der Waals surface area contributed by atoms with Gasteiger partial charge in [-0.3, -0.25) is 4.90 Å². The minimum atomic E-state index is -4.41. The molecular formula is C21H22F3NO4. The Kier molecular flexibility index (Phi) is 6.32. The van der Waals surface area contributed by atoms with Crippen molar-refractivity contribution in [3.63, 3.8) is 0 Å². The van der Waals surface area contributed by atoms with E-state index in [1.54, 1.807) is 6.92 Å². The topological polar surface area (TPSA) is 59.0 Å². The second kappa shape index (κ2) is 8.73. The zero-order valence-corrected chi connectivity index (χ0v) is 15.8. The predicted octanol–water partition coefficient (Wildman–Crippen LogP) is 4.24. The Balaban J connectivity index is 1.61. The van der Waals surface area contributed by atoms with Crippen molar-refractivity contribution in [3.8, 4) is 5.75 Å². The number of aliphatic hydroxyl groups excluding tert-OH is 1. The van der Waals surface area contributed by atoms with Crippen molar-refractivity contribution in [2.75, 3.05) is 6.54 Å². The average Bonchev–Trinajstić information content (AvgIpc) is 3.11. The standard InChI is InChI=1S/C21H22F3NO4/c1-14(26)19-11-18(29-17-9-7-16(8-10-17)21(22,23)24)12-25(19)20(27)28-13-15-5-3-2-4-6-15/h2-10,14,18-19,26H,11-13H2,1H3. The summed E-state index contributed by atoms with van der Waals surface area (Å²) in [6.45, 7) is 1.85. The minimum Gasteiger partial charge on any atom is -0.489 e. The summed E-state index contributed by atoms with van der Waals surface area (Å²) in [6.07, 6.45) is -5.91. The number of carbonyl (C=O) groups is 1. The summed E-state index contributed by atoms with van der Waals surface area (Å²) in [7, 11) is 0. The van der Waals surface area contributed by atoms with E-state index in [9.17, 15) is 23.1 Å². The molecule has 1 heterocycles. The average molecular weight is 409 g/mol. The van der Waals surface area contributed by atoms with Gasteiger partial charge in [-0.15, -0.1) is 0 Å². The number of halogens is 3. The number of rotatable bonds is 5. The number of aliphatic hydroxyl groups is 1. The molecule has 5 nitrogen and oxygen atoms in total.